The minimum absolute atomic E-state index is 0.0584. The fourth-order valence-corrected chi connectivity index (χ4v) is 2.74. The molecule has 2 N–H and O–H groups in total. The fraction of sp³-hybridized carbons (Fsp3) is 0.900. The van der Waals surface area contributed by atoms with Crippen molar-refractivity contribution in [1.82, 2.24) is 0 Å². The Morgan fingerprint density at radius 2 is 2.00 bits per heavy atom. The molecule has 6 heteroatoms. The molecule has 0 aromatic heterocycles. The maximum absolute atomic E-state index is 11.6. The van der Waals surface area contributed by atoms with E-state index in [4.69, 9.17) is 14.2 Å². The lowest BCUT2D eigenvalue weighted by atomic mass is 9.74. The molecule has 3 aliphatic heterocycles. The zero-order chi connectivity index (χ0) is 11.7. The maximum Gasteiger partial charge on any atom is 0.341 e. The van der Waals surface area contributed by atoms with Gasteiger partial charge >= 0.3 is 5.97 Å². The van der Waals surface area contributed by atoms with Crippen LogP contribution in [0.5, 0.6) is 0 Å². The predicted molar refractivity (Wildman–Crippen MR) is 49.3 cm³/mol. The second-order valence-corrected chi connectivity index (χ2v) is 5.09. The number of aliphatic hydroxyl groups excluding tert-OH is 1. The molecule has 0 amide bonds. The third-order valence-electron chi connectivity index (χ3n) is 3.42. The van der Waals surface area contributed by atoms with Gasteiger partial charge in [-0.25, -0.2) is 4.79 Å². The van der Waals surface area contributed by atoms with Crippen LogP contribution in [-0.2, 0) is 19.0 Å². The molecule has 0 radical (unpaired) electrons. The lowest BCUT2D eigenvalue weighted by molar-refractivity contribution is -0.253. The third-order valence-corrected chi connectivity index (χ3v) is 3.42. The van der Waals surface area contributed by atoms with Gasteiger partial charge in [0.15, 0.2) is 17.5 Å². The summed E-state index contributed by atoms with van der Waals surface area (Å²) in [6, 6.07) is 0. The van der Waals surface area contributed by atoms with Crippen molar-refractivity contribution < 1.29 is 29.2 Å². The lowest BCUT2D eigenvalue weighted by Crippen LogP contribution is -2.71. The fourth-order valence-electron chi connectivity index (χ4n) is 2.74. The molecule has 5 atom stereocenters. The van der Waals surface area contributed by atoms with Crippen LogP contribution >= 0.6 is 0 Å². The molecule has 6 nitrogen and oxygen atoms in total. The molecule has 3 heterocycles. The van der Waals surface area contributed by atoms with E-state index in [1.165, 1.54) is 0 Å². The monoisotopic (exact) mass is 230 g/mol. The van der Waals surface area contributed by atoms with Crippen molar-refractivity contribution in [2.24, 2.45) is 0 Å². The summed E-state index contributed by atoms with van der Waals surface area (Å²) in [6.45, 7) is 3.40. The summed E-state index contributed by atoms with van der Waals surface area (Å²) in [5.41, 5.74) is -1.79. The third kappa shape index (κ3) is 1.13. The molecule has 16 heavy (non-hydrogen) atoms. The molecule has 90 valence electrons. The first-order valence-electron chi connectivity index (χ1n) is 5.31. The summed E-state index contributed by atoms with van der Waals surface area (Å²) in [6.07, 6.45) is -3.05. The molecule has 1 saturated carbocycles. The summed E-state index contributed by atoms with van der Waals surface area (Å²) in [4.78, 5) is 11.6. The highest BCUT2D eigenvalue weighted by atomic mass is 16.8. The summed E-state index contributed by atoms with van der Waals surface area (Å²) in [5, 5.41) is 19.9. The molecule has 3 saturated heterocycles. The van der Waals surface area contributed by atoms with Gasteiger partial charge in [-0.3, -0.25) is 0 Å². The van der Waals surface area contributed by atoms with Crippen LogP contribution in [0.2, 0.25) is 0 Å². The average molecular weight is 230 g/mol. The van der Waals surface area contributed by atoms with Gasteiger partial charge in [0.25, 0.3) is 0 Å². The SMILES string of the molecule is CC1(C)O[C@H]2[C@@H]3OC(=O)[C@@](O)(C[C@H]3O)[C@H]2O1. The van der Waals surface area contributed by atoms with Crippen LogP contribution in [-0.4, -0.2) is 52.0 Å². The van der Waals surface area contributed by atoms with Gasteiger partial charge in [-0.15, -0.1) is 0 Å². The Balaban J connectivity index is 2.02. The van der Waals surface area contributed by atoms with Crippen LogP contribution in [0.4, 0.5) is 0 Å². The van der Waals surface area contributed by atoms with Crippen molar-refractivity contribution in [1.29, 1.82) is 0 Å². The van der Waals surface area contributed by atoms with Gasteiger partial charge in [0.05, 0.1) is 6.10 Å². The van der Waals surface area contributed by atoms with Gasteiger partial charge in [-0.05, 0) is 13.8 Å². The number of aliphatic hydroxyl groups is 2. The number of carbonyl (C=O) groups is 1. The summed E-state index contributed by atoms with van der Waals surface area (Å²) >= 11 is 0. The van der Waals surface area contributed by atoms with E-state index >= 15 is 0 Å². The van der Waals surface area contributed by atoms with Crippen molar-refractivity contribution in [3.05, 3.63) is 0 Å². The number of rotatable bonds is 0. The molecule has 0 spiro atoms. The van der Waals surface area contributed by atoms with E-state index in [0.29, 0.717) is 0 Å². The van der Waals surface area contributed by atoms with Gasteiger partial charge in [0.1, 0.15) is 12.2 Å². The molecular weight excluding hydrogens is 216 g/mol. The van der Waals surface area contributed by atoms with Crippen molar-refractivity contribution in [2.45, 2.75) is 56.1 Å². The standard InChI is InChI=1S/C10H14O6/c1-9(2)15-6-5-4(11)3-10(13,7(6)16-9)8(12)14-5/h4-7,11,13H,3H2,1-2H3/t4-,5-,6+,7+,10-/m1/s1. The molecule has 4 fully saturated rings. The van der Waals surface area contributed by atoms with Crippen LogP contribution < -0.4 is 0 Å². The zero-order valence-electron chi connectivity index (χ0n) is 9.04. The summed E-state index contributed by atoms with van der Waals surface area (Å²) in [7, 11) is 0. The average Bonchev–Trinajstić information content (AvgIpc) is 2.47. The maximum atomic E-state index is 11.6. The quantitative estimate of drug-likeness (QED) is 0.515. The largest absolute Gasteiger partial charge is 0.455 e. The van der Waals surface area contributed by atoms with Gasteiger partial charge in [-0.2, -0.15) is 0 Å². The highest BCUT2D eigenvalue weighted by molar-refractivity contribution is 5.83. The van der Waals surface area contributed by atoms with Gasteiger partial charge < -0.3 is 24.4 Å². The second-order valence-electron chi connectivity index (χ2n) is 5.09. The van der Waals surface area contributed by atoms with E-state index < -0.39 is 41.8 Å². The number of esters is 1. The molecule has 0 aromatic rings. The van der Waals surface area contributed by atoms with E-state index in [-0.39, 0.29) is 6.42 Å². The molecule has 4 rings (SSSR count). The van der Waals surface area contributed by atoms with Crippen molar-refractivity contribution >= 4 is 5.97 Å². The van der Waals surface area contributed by atoms with Crippen LogP contribution in [0.15, 0.2) is 0 Å². The van der Waals surface area contributed by atoms with E-state index in [2.05, 4.69) is 0 Å². The van der Waals surface area contributed by atoms with E-state index in [1.54, 1.807) is 13.8 Å². The molecule has 0 unspecified atom stereocenters. The Hall–Kier alpha value is -0.690. The van der Waals surface area contributed by atoms with Crippen molar-refractivity contribution in [2.75, 3.05) is 0 Å². The minimum atomic E-state index is -1.79. The number of hydrogen-bond acceptors (Lipinski definition) is 6. The summed E-state index contributed by atoms with van der Waals surface area (Å²) in [5.74, 6) is -1.61. The Morgan fingerprint density at radius 1 is 1.31 bits per heavy atom. The van der Waals surface area contributed by atoms with Gasteiger partial charge in [0.2, 0.25) is 0 Å². The van der Waals surface area contributed by atoms with E-state index in [0.717, 1.165) is 0 Å². The molecule has 4 aliphatic rings. The Kier molecular flexibility index (Phi) is 1.80. The Bertz CT molecular complexity index is 353. The Labute approximate surface area is 92.1 Å². The lowest BCUT2D eigenvalue weighted by Gasteiger charge is -2.48. The molecule has 0 aromatic carbocycles. The number of hydrogen-bond donors (Lipinski definition) is 2. The molecule has 1 aliphatic carbocycles. The normalized spacial score (nSPS) is 53.6. The Morgan fingerprint density at radius 3 is 2.69 bits per heavy atom. The van der Waals surface area contributed by atoms with Crippen molar-refractivity contribution in [3.63, 3.8) is 0 Å². The van der Waals surface area contributed by atoms with Crippen LogP contribution in [0.25, 0.3) is 0 Å². The number of carbonyl (C=O) groups excluding carboxylic acids is 1. The minimum Gasteiger partial charge on any atom is -0.455 e. The molecule has 2 bridgehead atoms. The number of ether oxygens (including phenoxy) is 3. The highest BCUT2D eigenvalue weighted by Gasteiger charge is 2.69. The summed E-state index contributed by atoms with van der Waals surface area (Å²) < 4.78 is 16.0. The van der Waals surface area contributed by atoms with Crippen LogP contribution in [0, 0.1) is 0 Å². The topological polar surface area (TPSA) is 85.2 Å². The second kappa shape index (κ2) is 2.76. The first-order valence-corrected chi connectivity index (χ1v) is 5.31. The van der Waals surface area contributed by atoms with Crippen LogP contribution in [0.1, 0.15) is 20.3 Å². The van der Waals surface area contributed by atoms with Crippen molar-refractivity contribution in [3.8, 4) is 0 Å². The molecular formula is C10H14O6. The first-order chi connectivity index (χ1) is 7.33. The first kappa shape index (κ1) is 10.5. The van der Waals surface area contributed by atoms with E-state index in [1.807, 2.05) is 0 Å². The van der Waals surface area contributed by atoms with Gasteiger partial charge in [-0.1, -0.05) is 0 Å². The predicted octanol–water partition coefficient (Wildman–Crippen LogP) is -1.07. The van der Waals surface area contributed by atoms with Crippen LogP contribution in [0.3, 0.4) is 0 Å². The smallest absolute Gasteiger partial charge is 0.341 e. The highest BCUT2D eigenvalue weighted by Crippen LogP contribution is 2.47. The zero-order valence-corrected chi connectivity index (χ0v) is 9.04. The number of fused-ring (bicyclic) bond motifs is 2. The van der Waals surface area contributed by atoms with Gasteiger partial charge in [0, 0.05) is 6.42 Å². The van der Waals surface area contributed by atoms with E-state index in [9.17, 15) is 15.0 Å².